The molecule has 1 aromatic carbocycles. The van der Waals surface area contributed by atoms with Crippen LogP contribution in [0.25, 0.3) is 0 Å². The van der Waals surface area contributed by atoms with Crippen LogP contribution in [0.3, 0.4) is 0 Å². The highest BCUT2D eigenvalue weighted by Crippen LogP contribution is 2.25. The molecule has 2 N–H and O–H groups in total. The molecule has 3 aromatic rings. The number of carbonyl (C=O) groups excluding carboxylic acids is 2. The van der Waals surface area contributed by atoms with Gasteiger partial charge in [-0.1, -0.05) is 6.07 Å². The topological polar surface area (TPSA) is 98.4 Å². The molecule has 0 aliphatic rings. The maximum absolute atomic E-state index is 12.3. The predicted molar refractivity (Wildman–Crippen MR) is 98.4 cm³/mol. The normalized spacial score (nSPS) is 11.6. The molecule has 8 heteroatoms. The molecule has 2 amide bonds. The third-order valence-corrected chi connectivity index (χ3v) is 3.98. The maximum atomic E-state index is 12.3. The van der Waals surface area contributed by atoms with Crippen LogP contribution in [0.2, 0.25) is 0 Å². The number of anilines is 1. The number of benzene rings is 1. The van der Waals surface area contributed by atoms with Crippen LogP contribution in [0.5, 0.6) is 5.75 Å². The van der Waals surface area contributed by atoms with Crippen molar-refractivity contribution in [2.24, 2.45) is 0 Å². The van der Waals surface area contributed by atoms with Gasteiger partial charge in [-0.3, -0.25) is 14.3 Å². The number of amides is 2. The summed E-state index contributed by atoms with van der Waals surface area (Å²) in [6.45, 7) is 2.03. The molecule has 0 radical (unpaired) electrons. The van der Waals surface area contributed by atoms with Crippen molar-refractivity contribution in [3.05, 3.63) is 66.4 Å². The van der Waals surface area contributed by atoms with Crippen LogP contribution in [-0.2, 0) is 9.59 Å². The number of hydrogen-bond donors (Lipinski definition) is 2. The lowest BCUT2D eigenvalue weighted by atomic mass is 10.2. The first-order valence-corrected chi connectivity index (χ1v) is 8.35. The number of methoxy groups -OCH3 is 1. The zero-order chi connectivity index (χ0) is 19.2. The third kappa shape index (κ3) is 4.35. The molecule has 0 bridgehead atoms. The summed E-state index contributed by atoms with van der Waals surface area (Å²) in [6, 6.07) is 10.3. The Labute approximate surface area is 156 Å². The molecule has 27 heavy (non-hydrogen) atoms. The zero-order valence-electron chi connectivity index (χ0n) is 15.0. The number of nitrogens with one attached hydrogen (secondary N) is 2. The average Bonchev–Trinajstić information content (AvgIpc) is 3.36. The van der Waals surface area contributed by atoms with Crippen LogP contribution >= 0.6 is 0 Å². The number of aryl methyl sites for hydroxylation is 1. The molecule has 0 fully saturated rings. The van der Waals surface area contributed by atoms with E-state index in [0.29, 0.717) is 17.2 Å². The molecular weight excluding hydrogens is 348 g/mol. The van der Waals surface area contributed by atoms with E-state index in [9.17, 15) is 9.59 Å². The van der Waals surface area contributed by atoms with Crippen molar-refractivity contribution >= 4 is 17.5 Å². The Morgan fingerprint density at radius 1 is 1.26 bits per heavy atom. The van der Waals surface area contributed by atoms with Crippen LogP contribution in [-0.4, -0.2) is 35.2 Å². The smallest absolute Gasteiger partial charge is 0.313 e. The quantitative estimate of drug-likeness (QED) is 0.650. The summed E-state index contributed by atoms with van der Waals surface area (Å²) in [7, 11) is 1.50. The molecule has 1 atom stereocenters. The Morgan fingerprint density at radius 2 is 2.11 bits per heavy atom. The lowest BCUT2D eigenvalue weighted by molar-refractivity contribution is -0.136. The highest BCUT2D eigenvalue weighted by Gasteiger charge is 2.21. The Morgan fingerprint density at radius 3 is 2.78 bits per heavy atom. The van der Waals surface area contributed by atoms with E-state index in [2.05, 4.69) is 15.7 Å². The first kappa shape index (κ1) is 18.2. The van der Waals surface area contributed by atoms with Crippen LogP contribution < -0.4 is 15.4 Å². The molecule has 2 heterocycles. The second kappa shape index (κ2) is 8.22. The summed E-state index contributed by atoms with van der Waals surface area (Å²) in [6.07, 6.45) is 4.94. The van der Waals surface area contributed by atoms with Gasteiger partial charge in [0.25, 0.3) is 0 Å². The molecular formula is C19H20N4O4. The van der Waals surface area contributed by atoms with Crippen LogP contribution in [0.4, 0.5) is 5.69 Å². The second-order valence-electron chi connectivity index (χ2n) is 5.89. The molecule has 0 saturated heterocycles. The van der Waals surface area contributed by atoms with Gasteiger partial charge < -0.3 is 19.8 Å². The molecule has 140 valence electrons. The summed E-state index contributed by atoms with van der Waals surface area (Å²) in [4.78, 5) is 24.5. The molecule has 0 aliphatic carbocycles. The fourth-order valence-electron chi connectivity index (χ4n) is 2.64. The number of nitrogens with zero attached hydrogens (tertiary/aromatic N) is 2. The van der Waals surface area contributed by atoms with Crippen molar-refractivity contribution < 1.29 is 18.7 Å². The molecule has 2 aromatic heterocycles. The van der Waals surface area contributed by atoms with Crippen LogP contribution in [0, 0.1) is 6.92 Å². The van der Waals surface area contributed by atoms with E-state index in [1.54, 1.807) is 53.7 Å². The first-order valence-electron chi connectivity index (χ1n) is 8.35. The second-order valence-corrected chi connectivity index (χ2v) is 5.89. The molecule has 0 saturated carbocycles. The van der Waals surface area contributed by atoms with Gasteiger partial charge in [0.15, 0.2) is 0 Å². The number of hydrogen-bond acceptors (Lipinski definition) is 5. The summed E-state index contributed by atoms with van der Waals surface area (Å²) in [5, 5.41) is 9.38. The molecule has 1 unspecified atom stereocenters. The van der Waals surface area contributed by atoms with Crippen LogP contribution in [0.15, 0.2) is 59.5 Å². The predicted octanol–water partition coefficient (Wildman–Crippen LogP) is 2.14. The van der Waals surface area contributed by atoms with Gasteiger partial charge in [-0.05, 0) is 42.8 Å². The van der Waals surface area contributed by atoms with Gasteiger partial charge in [-0.2, -0.15) is 5.10 Å². The number of ether oxygens (including phenoxy) is 1. The summed E-state index contributed by atoms with van der Waals surface area (Å²) >= 11 is 0. The first-order chi connectivity index (χ1) is 13.1. The number of rotatable bonds is 6. The van der Waals surface area contributed by atoms with Gasteiger partial charge in [-0.25, -0.2) is 0 Å². The molecule has 3 rings (SSSR count). The minimum Gasteiger partial charge on any atom is -0.495 e. The Kier molecular flexibility index (Phi) is 5.55. The third-order valence-electron chi connectivity index (χ3n) is 3.98. The van der Waals surface area contributed by atoms with E-state index in [1.807, 2.05) is 13.0 Å². The van der Waals surface area contributed by atoms with Gasteiger partial charge in [0.05, 0.1) is 19.1 Å². The minimum atomic E-state index is -0.780. The summed E-state index contributed by atoms with van der Waals surface area (Å²) in [5.41, 5.74) is 1.37. The number of furan rings is 1. The monoisotopic (exact) mass is 368 g/mol. The summed E-state index contributed by atoms with van der Waals surface area (Å²) in [5.74, 6) is -0.439. The van der Waals surface area contributed by atoms with E-state index in [0.717, 1.165) is 5.56 Å². The van der Waals surface area contributed by atoms with Crippen molar-refractivity contribution in [3.63, 3.8) is 0 Å². The Hall–Kier alpha value is -3.55. The molecule has 0 spiro atoms. The number of carbonyl (C=O) groups is 2. The Bertz CT molecular complexity index is 870. The van der Waals surface area contributed by atoms with Crippen molar-refractivity contribution in [2.45, 2.75) is 13.0 Å². The highest BCUT2D eigenvalue weighted by atomic mass is 16.5. The maximum Gasteiger partial charge on any atom is 0.313 e. The summed E-state index contributed by atoms with van der Waals surface area (Å²) < 4.78 is 12.3. The van der Waals surface area contributed by atoms with E-state index in [-0.39, 0.29) is 12.6 Å². The standard InChI is InChI=1S/C19H20N4O4/c1-13-6-7-16(26-2)14(11-13)22-19(25)18(24)20-12-15(17-5-3-10-27-17)23-9-4-8-21-23/h3-11,15H,12H2,1-2H3,(H,20,24)(H,22,25). The van der Waals surface area contributed by atoms with Crippen molar-refractivity contribution in [1.82, 2.24) is 15.1 Å². The lowest BCUT2D eigenvalue weighted by Crippen LogP contribution is -2.39. The van der Waals surface area contributed by atoms with Gasteiger partial charge in [-0.15, -0.1) is 0 Å². The number of aromatic nitrogens is 2. The fraction of sp³-hybridized carbons (Fsp3) is 0.211. The molecule has 0 aliphatic heterocycles. The van der Waals surface area contributed by atoms with Gasteiger partial charge >= 0.3 is 11.8 Å². The van der Waals surface area contributed by atoms with Gasteiger partial charge in [0.1, 0.15) is 17.6 Å². The van der Waals surface area contributed by atoms with E-state index in [1.165, 1.54) is 7.11 Å². The van der Waals surface area contributed by atoms with Gasteiger partial charge in [0.2, 0.25) is 0 Å². The largest absolute Gasteiger partial charge is 0.495 e. The lowest BCUT2D eigenvalue weighted by Gasteiger charge is -2.16. The highest BCUT2D eigenvalue weighted by molar-refractivity contribution is 6.39. The van der Waals surface area contributed by atoms with Crippen molar-refractivity contribution in [2.75, 3.05) is 19.0 Å². The van der Waals surface area contributed by atoms with E-state index in [4.69, 9.17) is 9.15 Å². The SMILES string of the molecule is COc1ccc(C)cc1NC(=O)C(=O)NCC(c1ccco1)n1cccn1. The zero-order valence-corrected chi connectivity index (χ0v) is 15.0. The van der Waals surface area contributed by atoms with Crippen molar-refractivity contribution in [3.8, 4) is 5.75 Å². The van der Waals surface area contributed by atoms with E-state index < -0.39 is 11.8 Å². The van der Waals surface area contributed by atoms with E-state index >= 15 is 0 Å². The Balaban J connectivity index is 1.66. The molecule has 8 nitrogen and oxygen atoms in total. The van der Waals surface area contributed by atoms with Crippen molar-refractivity contribution in [1.29, 1.82) is 0 Å². The minimum absolute atomic E-state index is 0.145. The fourth-order valence-corrected chi connectivity index (χ4v) is 2.64. The van der Waals surface area contributed by atoms with Crippen LogP contribution in [0.1, 0.15) is 17.4 Å². The van der Waals surface area contributed by atoms with Gasteiger partial charge in [0, 0.05) is 18.9 Å². The average molecular weight is 368 g/mol.